The maximum atomic E-state index is 13.4. The average Bonchev–Trinajstić information content (AvgIpc) is 2.58. The summed E-state index contributed by atoms with van der Waals surface area (Å²) < 4.78 is -0.898. The Kier molecular flexibility index (Phi) is 5.60. The number of amides is 1. The Balaban J connectivity index is 2.25. The molecule has 0 N–H and O–H groups in total. The van der Waals surface area contributed by atoms with Gasteiger partial charge in [0.05, 0.1) is 15.5 Å². The first-order valence-electron chi connectivity index (χ1n) is 9.11. The van der Waals surface area contributed by atoms with Gasteiger partial charge in [-0.2, -0.15) is 0 Å². The van der Waals surface area contributed by atoms with E-state index in [0.717, 1.165) is 11.1 Å². The van der Waals surface area contributed by atoms with Crippen molar-refractivity contribution in [2.24, 2.45) is 0 Å². The van der Waals surface area contributed by atoms with Crippen molar-refractivity contribution >= 4 is 40.9 Å². The fraction of sp³-hybridized carbons (Fsp3) is 0.409. The van der Waals surface area contributed by atoms with Gasteiger partial charge in [-0.15, -0.1) is 11.8 Å². The van der Waals surface area contributed by atoms with Crippen molar-refractivity contribution < 1.29 is 4.79 Å². The molecule has 0 aliphatic carbocycles. The first kappa shape index (κ1) is 20.6. The fourth-order valence-electron chi connectivity index (χ4n) is 3.99. The number of thioether (sulfide) groups is 1. The van der Waals surface area contributed by atoms with Crippen LogP contribution in [0, 0.1) is 0 Å². The predicted molar refractivity (Wildman–Crippen MR) is 117 cm³/mol. The highest BCUT2D eigenvalue weighted by Crippen LogP contribution is 2.58. The summed E-state index contributed by atoms with van der Waals surface area (Å²) in [5.41, 5.74) is 2.19. The highest BCUT2D eigenvalue weighted by atomic mass is 35.5. The molecule has 27 heavy (non-hydrogen) atoms. The summed E-state index contributed by atoms with van der Waals surface area (Å²) in [6, 6.07) is 15.8. The molecule has 2 nitrogen and oxygen atoms in total. The van der Waals surface area contributed by atoms with Gasteiger partial charge in [-0.05, 0) is 70.0 Å². The first-order chi connectivity index (χ1) is 12.6. The molecule has 0 aromatic heterocycles. The van der Waals surface area contributed by atoms with Crippen molar-refractivity contribution in [3.8, 4) is 0 Å². The van der Waals surface area contributed by atoms with E-state index in [-0.39, 0.29) is 22.7 Å². The summed E-state index contributed by atoms with van der Waals surface area (Å²) >= 11 is 14.2. The van der Waals surface area contributed by atoms with Crippen LogP contribution in [0.3, 0.4) is 0 Å². The third kappa shape index (κ3) is 3.74. The standard InChI is InChI=1S/C22H25Cl2NOS/c1-14(2)25-19(15-9-11-17(23)12-10-15)22(5,27-21(3,4)20(25)26)16-7-6-8-18(24)13-16/h6-14,19H,1-5H3/t19-,22+/m0/s1. The second-order valence-electron chi connectivity index (χ2n) is 7.99. The van der Waals surface area contributed by atoms with E-state index in [1.807, 2.05) is 61.2 Å². The third-order valence-electron chi connectivity index (χ3n) is 5.16. The van der Waals surface area contributed by atoms with Crippen LogP contribution in [0.4, 0.5) is 0 Å². The minimum absolute atomic E-state index is 0.0665. The van der Waals surface area contributed by atoms with E-state index >= 15 is 0 Å². The van der Waals surface area contributed by atoms with Gasteiger partial charge in [-0.25, -0.2) is 0 Å². The maximum Gasteiger partial charge on any atom is 0.239 e. The van der Waals surface area contributed by atoms with Crippen molar-refractivity contribution in [1.29, 1.82) is 0 Å². The smallest absolute Gasteiger partial charge is 0.239 e. The van der Waals surface area contributed by atoms with Gasteiger partial charge in [-0.1, -0.05) is 47.5 Å². The number of halogens is 2. The van der Waals surface area contributed by atoms with Gasteiger partial charge in [0.1, 0.15) is 0 Å². The molecule has 0 unspecified atom stereocenters. The zero-order chi connectivity index (χ0) is 20.0. The minimum atomic E-state index is -0.537. The lowest BCUT2D eigenvalue weighted by atomic mass is 9.84. The summed E-state index contributed by atoms with van der Waals surface area (Å²) in [5.74, 6) is 0.155. The average molecular weight is 422 g/mol. The lowest BCUT2D eigenvalue weighted by molar-refractivity contribution is -0.139. The summed E-state index contributed by atoms with van der Waals surface area (Å²) in [6.07, 6.45) is 0. The number of carbonyl (C=O) groups is 1. The summed E-state index contributed by atoms with van der Waals surface area (Å²) in [6.45, 7) is 10.4. The molecule has 2 aromatic carbocycles. The van der Waals surface area contributed by atoms with Crippen molar-refractivity contribution in [2.45, 2.75) is 56.2 Å². The molecule has 1 aliphatic heterocycles. The second kappa shape index (κ2) is 7.35. The van der Waals surface area contributed by atoms with Crippen LogP contribution in [0.5, 0.6) is 0 Å². The molecule has 1 heterocycles. The molecule has 1 aliphatic rings. The zero-order valence-corrected chi connectivity index (χ0v) is 18.6. The fourth-order valence-corrected chi connectivity index (χ4v) is 6.17. The van der Waals surface area contributed by atoms with Gasteiger partial charge < -0.3 is 4.90 Å². The monoisotopic (exact) mass is 421 g/mol. The Labute approximate surface area is 176 Å². The molecule has 0 bridgehead atoms. The van der Waals surface area contributed by atoms with Crippen LogP contribution in [-0.4, -0.2) is 21.6 Å². The van der Waals surface area contributed by atoms with Crippen molar-refractivity contribution in [3.63, 3.8) is 0 Å². The molecular weight excluding hydrogens is 397 g/mol. The zero-order valence-electron chi connectivity index (χ0n) is 16.3. The third-order valence-corrected chi connectivity index (χ3v) is 7.21. The lowest BCUT2D eigenvalue weighted by Gasteiger charge is -2.55. The predicted octanol–water partition coefficient (Wildman–Crippen LogP) is 6.71. The van der Waals surface area contributed by atoms with Crippen LogP contribution >= 0.6 is 35.0 Å². The Morgan fingerprint density at radius 2 is 1.63 bits per heavy atom. The number of hydrogen-bond acceptors (Lipinski definition) is 2. The van der Waals surface area contributed by atoms with Crippen LogP contribution in [-0.2, 0) is 9.54 Å². The first-order valence-corrected chi connectivity index (χ1v) is 10.7. The lowest BCUT2D eigenvalue weighted by Crippen LogP contribution is -2.58. The summed E-state index contributed by atoms with van der Waals surface area (Å²) in [4.78, 5) is 15.4. The molecule has 144 valence electrons. The van der Waals surface area contributed by atoms with Crippen LogP contribution < -0.4 is 0 Å². The molecule has 1 saturated heterocycles. The Hall–Kier alpha value is -1.16. The number of benzene rings is 2. The Bertz CT molecular complexity index is 850. The van der Waals surface area contributed by atoms with Crippen molar-refractivity contribution in [1.82, 2.24) is 4.90 Å². The molecule has 3 rings (SSSR count). The molecule has 0 radical (unpaired) electrons. The highest BCUT2D eigenvalue weighted by Gasteiger charge is 2.55. The largest absolute Gasteiger partial charge is 0.330 e. The van der Waals surface area contributed by atoms with Gasteiger partial charge in [0, 0.05) is 16.1 Å². The quantitative estimate of drug-likeness (QED) is 0.548. The van der Waals surface area contributed by atoms with Crippen LogP contribution in [0.1, 0.15) is 51.8 Å². The van der Waals surface area contributed by atoms with Crippen LogP contribution in [0.25, 0.3) is 0 Å². The number of rotatable bonds is 3. The van der Waals surface area contributed by atoms with Gasteiger partial charge in [0.2, 0.25) is 5.91 Å². The number of nitrogens with zero attached hydrogens (tertiary/aromatic N) is 1. The second-order valence-corrected chi connectivity index (χ2v) is 10.9. The number of hydrogen-bond donors (Lipinski definition) is 0. The van der Waals surface area contributed by atoms with Crippen molar-refractivity contribution in [3.05, 3.63) is 69.7 Å². The van der Waals surface area contributed by atoms with E-state index in [1.54, 1.807) is 11.8 Å². The van der Waals surface area contributed by atoms with E-state index in [9.17, 15) is 4.79 Å². The molecule has 0 spiro atoms. The van der Waals surface area contributed by atoms with Crippen LogP contribution in [0.2, 0.25) is 10.0 Å². The van der Waals surface area contributed by atoms with Gasteiger partial charge in [-0.3, -0.25) is 4.79 Å². The molecule has 2 aromatic rings. The molecule has 5 heteroatoms. The van der Waals surface area contributed by atoms with E-state index in [0.29, 0.717) is 10.0 Å². The van der Waals surface area contributed by atoms with Gasteiger partial charge in [0.15, 0.2) is 0 Å². The topological polar surface area (TPSA) is 20.3 Å². The minimum Gasteiger partial charge on any atom is -0.330 e. The number of carbonyl (C=O) groups excluding carboxylic acids is 1. The maximum absolute atomic E-state index is 13.4. The van der Waals surface area contributed by atoms with Crippen LogP contribution in [0.15, 0.2) is 48.5 Å². The normalized spacial score (nSPS) is 25.1. The Morgan fingerprint density at radius 3 is 2.19 bits per heavy atom. The summed E-state index contributed by atoms with van der Waals surface area (Å²) in [7, 11) is 0. The summed E-state index contributed by atoms with van der Waals surface area (Å²) in [5, 5.41) is 1.39. The molecule has 2 atom stereocenters. The highest BCUT2D eigenvalue weighted by molar-refractivity contribution is 8.02. The van der Waals surface area contributed by atoms with Gasteiger partial charge >= 0.3 is 0 Å². The molecule has 1 amide bonds. The van der Waals surface area contributed by atoms with Gasteiger partial charge in [0.25, 0.3) is 0 Å². The van der Waals surface area contributed by atoms with E-state index in [2.05, 4.69) is 26.8 Å². The van der Waals surface area contributed by atoms with E-state index in [4.69, 9.17) is 23.2 Å². The van der Waals surface area contributed by atoms with Crippen molar-refractivity contribution in [2.75, 3.05) is 0 Å². The molecule has 1 fully saturated rings. The molecule has 0 saturated carbocycles. The Morgan fingerprint density at radius 1 is 1.00 bits per heavy atom. The molecular formula is C22H25Cl2NOS. The van der Waals surface area contributed by atoms with E-state index < -0.39 is 4.75 Å². The SMILES string of the molecule is CC(C)N1C(=O)C(C)(C)S[C@](C)(c2cccc(Cl)c2)[C@@H]1c1ccc(Cl)cc1. The van der Waals surface area contributed by atoms with E-state index in [1.165, 1.54) is 0 Å².